The molecule has 0 aromatic carbocycles. The molecule has 1 aliphatic rings. The number of hydrogen-bond donors (Lipinski definition) is 0. The molecule has 112 valence electrons. The summed E-state index contributed by atoms with van der Waals surface area (Å²) in [5.41, 5.74) is 1.29. The summed E-state index contributed by atoms with van der Waals surface area (Å²) in [6, 6.07) is 5.21. The lowest BCUT2D eigenvalue weighted by Crippen LogP contribution is -2.57. The Kier molecular flexibility index (Phi) is 4.10. The molecule has 1 fully saturated rings. The molecule has 0 bridgehead atoms. The van der Waals surface area contributed by atoms with E-state index in [9.17, 15) is 0 Å². The van der Waals surface area contributed by atoms with Crippen LogP contribution in [0.4, 0.5) is 10.9 Å². The molecule has 3 heterocycles. The fourth-order valence-corrected chi connectivity index (χ4v) is 3.89. The number of nitrogens with zero attached hydrogens (tertiary/aromatic N) is 4. The van der Waals surface area contributed by atoms with Gasteiger partial charge in [-0.15, -0.1) is 11.3 Å². The first kappa shape index (κ1) is 14.3. The second-order valence-electron chi connectivity index (χ2n) is 5.70. The van der Waals surface area contributed by atoms with Gasteiger partial charge in [0.25, 0.3) is 0 Å². The minimum absolute atomic E-state index is 0.438. The average molecular weight is 302 g/mol. The molecule has 0 spiro atoms. The van der Waals surface area contributed by atoms with Crippen LogP contribution in [0.5, 0.6) is 0 Å². The lowest BCUT2D eigenvalue weighted by atomic mass is 10.1. The summed E-state index contributed by atoms with van der Waals surface area (Å²) in [6.07, 6.45) is 4.92. The van der Waals surface area contributed by atoms with Crippen molar-refractivity contribution in [2.24, 2.45) is 0 Å². The number of anilines is 2. The van der Waals surface area contributed by atoms with Crippen molar-refractivity contribution < 1.29 is 0 Å². The van der Waals surface area contributed by atoms with Crippen molar-refractivity contribution >= 4 is 22.3 Å². The maximum absolute atomic E-state index is 4.62. The summed E-state index contributed by atoms with van der Waals surface area (Å²) in [4.78, 5) is 13.9. The molecular weight excluding hydrogens is 280 g/mol. The molecule has 0 unspecified atom stereocenters. The lowest BCUT2D eigenvalue weighted by Gasteiger charge is -2.44. The number of pyridine rings is 1. The summed E-state index contributed by atoms with van der Waals surface area (Å²) in [6.45, 7) is 8.67. The van der Waals surface area contributed by atoms with E-state index >= 15 is 0 Å². The first-order chi connectivity index (χ1) is 10.2. The number of thiazole rings is 1. The zero-order valence-corrected chi connectivity index (χ0v) is 13.7. The third kappa shape index (κ3) is 2.88. The van der Waals surface area contributed by atoms with Gasteiger partial charge in [-0.1, -0.05) is 13.0 Å². The normalized spacial score (nSPS) is 22.6. The predicted octanol–water partition coefficient (Wildman–Crippen LogP) is 3.20. The van der Waals surface area contributed by atoms with E-state index in [0.29, 0.717) is 12.1 Å². The molecule has 1 aliphatic heterocycles. The molecule has 0 amide bonds. The summed E-state index contributed by atoms with van der Waals surface area (Å²) >= 11 is 1.72. The molecular formula is C16H22N4S. The Morgan fingerprint density at radius 1 is 1.19 bits per heavy atom. The molecule has 0 radical (unpaired) electrons. The molecule has 2 atom stereocenters. The highest BCUT2D eigenvalue weighted by Crippen LogP contribution is 2.28. The highest BCUT2D eigenvalue weighted by Gasteiger charge is 2.31. The van der Waals surface area contributed by atoms with Crippen molar-refractivity contribution in [3.05, 3.63) is 35.5 Å². The minimum atomic E-state index is 0.438. The molecule has 21 heavy (non-hydrogen) atoms. The van der Waals surface area contributed by atoms with Gasteiger partial charge in [-0.25, -0.2) is 9.97 Å². The zero-order chi connectivity index (χ0) is 14.8. The minimum Gasteiger partial charge on any atom is -0.353 e. The number of aromatic nitrogens is 2. The molecule has 0 N–H and O–H groups in total. The van der Waals surface area contributed by atoms with Crippen LogP contribution in [0.3, 0.4) is 0 Å². The van der Waals surface area contributed by atoms with Gasteiger partial charge in [0.15, 0.2) is 5.13 Å². The second-order valence-corrected chi connectivity index (χ2v) is 6.58. The predicted molar refractivity (Wildman–Crippen MR) is 89.3 cm³/mol. The van der Waals surface area contributed by atoms with E-state index in [1.165, 1.54) is 5.56 Å². The fraction of sp³-hybridized carbons (Fsp3) is 0.500. The molecule has 0 saturated carbocycles. The summed E-state index contributed by atoms with van der Waals surface area (Å²) < 4.78 is 0. The molecule has 5 heteroatoms. The van der Waals surface area contributed by atoms with E-state index in [0.717, 1.165) is 30.5 Å². The van der Waals surface area contributed by atoms with Gasteiger partial charge < -0.3 is 9.80 Å². The topological polar surface area (TPSA) is 32.3 Å². The van der Waals surface area contributed by atoms with Crippen molar-refractivity contribution in [1.82, 2.24) is 9.97 Å². The third-order valence-corrected chi connectivity index (χ3v) is 4.89. The van der Waals surface area contributed by atoms with Crippen molar-refractivity contribution in [1.29, 1.82) is 0 Å². The van der Waals surface area contributed by atoms with Crippen LogP contribution in [-0.4, -0.2) is 35.1 Å². The van der Waals surface area contributed by atoms with E-state index in [4.69, 9.17) is 0 Å². The fourth-order valence-electron chi connectivity index (χ4n) is 3.04. The van der Waals surface area contributed by atoms with Crippen molar-refractivity contribution in [2.75, 3.05) is 22.9 Å². The Morgan fingerprint density at radius 3 is 2.48 bits per heavy atom. The number of piperazine rings is 1. The highest BCUT2D eigenvalue weighted by atomic mass is 32.1. The number of rotatable bonds is 3. The van der Waals surface area contributed by atoms with E-state index in [-0.39, 0.29) is 0 Å². The molecule has 0 aliphatic carbocycles. The van der Waals surface area contributed by atoms with Gasteiger partial charge in [-0.05, 0) is 31.9 Å². The molecule has 2 aromatic heterocycles. The SMILES string of the molecule is CCc1ccc(N2C[C@@H](C)N(c3nccs3)[C@@H](C)C2)nc1. The molecule has 2 aromatic rings. The number of hydrogen-bond acceptors (Lipinski definition) is 5. The van der Waals surface area contributed by atoms with Crippen LogP contribution >= 0.6 is 11.3 Å². The zero-order valence-electron chi connectivity index (χ0n) is 12.9. The first-order valence-electron chi connectivity index (χ1n) is 7.56. The Hall–Kier alpha value is -1.62. The average Bonchev–Trinajstić information content (AvgIpc) is 3.00. The van der Waals surface area contributed by atoms with Gasteiger partial charge in [0.05, 0.1) is 0 Å². The maximum Gasteiger partial charge on any atom is 0.185 e. The van der Waals surface area contributed by atoms with Crippen LogP contribution in [0.15, 0.2) is 29.9 Å². The lowest BCUT2D eigenvalue weighted by molar-refractivity contribution is 0.472. The van der Waals surface area contributed by atoms with Crippen molar-refractivity contribution in [3.63, 3.8) is 0 Å². The van der Waals surface area contributed by atoms with Crippen LogP contribution < -0.4 is 9.80 Å². The van der Waals surface area contributed by atoms with Gasteiger partial charge in [0.2, 0.25) is 0 Å². The Balaban J connectivity index is 1.76. The van der Waals surface area contributed by atoms with Crippen LogP contribution in [0, 0.1) is 0 Å². The molecule has 1 saturated heterocycles. The van der Waals surface area contributed by atoms with Gasteiger partial charge >= 0.3 is 0 Å². The largest absolute Gasteiger partial charge is 0.353 e. The quantitative estimate of drug-likeness (QED) is 0.871. The Labute approximate surface area is 130 Å². The van der Waals surface area contributed by atoms with E-state index in [2.05, 4.69) is 52.7 Å². The Morgan fingerprint density at radius 2 is 1.95 bits per heavy atom. The smallest absolute Gasteiger partial charge is 0.185 e. The maximum atomic E-state index is 4.62. The molecule has 4 nitrogen and oxygen atoms in total. The van der Waals surface area contributed by atoms with Gasteiger partial charge in [-0.2, -0.15) is 0 Å². The molecule has 3 rings (SSSR count). The van der Waals surface area contributed by atoms with Gasteiger partial charge in [0, 0.05) is 42.9 Å². The Bertz CT molecular complexity index is 554. The van der Waals surface area contributed by atoms with E-state index in [1.54, 1.807) is 11.3 Å². The highest BCUT2D eigenvalue weighted by molar-refractivity contribution is 7.13. The third-order valence-electron chi connectivity index (χ3n) is 4.10. The van der Waals surface area contributed by atoms with Crippen LogP contribution in [0.1, 0.15) is 26.3 Å². The monoisotopic (exact) mass is 302 g/mol. The summed E-state index contributed by atoms with van der Waals surface area (Å²) in [5.74, 6) is 1.09. The summed E-state index contributed by atoms with van der Waals surface area (Å²) in [5, 5.41) is 3.18. The van der Waals surface area contributed by atoms with Crippen LogP contribution in [0.2, 0.25) is 0 Å². The van der Waals surface area contributed by atoms with Crippen molar-refractivity contribution in [2.45, 2.75) is 39.3 Å². The van der Waals surface area contributed by atoms with Crippen LogP contribution in [-0.2, 0) is 6.42 Å². The summed E-state index contributed by atoms with van der Waals surface area (Å²) in [7, 11) is 0. The standard InChI is InChI=1S/C16H22N4S/c1-4-14-5-6-15(18-9-14)19-10-12(2)20(13(3)11-19)16-17-7-8-21-16/h5-9,12-13H,4,10-11H2,1-3H3/t12-,13+. The van der Waals surface area contributed by atoms with E-state index < -0.39 is 0 Å². The van der Waals surface area contributed by atoms with Gasteiger partial charge in [-0.3, -0.25) is 0 Å². The van der Waals surface area contributed by atoms with E-state index in [1.807, 2.05) is 17.8 Å². The number of aryl methyl sites for hydroxylation is 1. The first-order valence-corrected chi connectivity index (χ1v) is 8.44. The van der Waals surface area contributed by atoms with Crippen molar-refractivity contribution in [3.8, 4) is 0 Å². The second kappa shape index (κ2) is 6.02. The van der Waals surface area contributed by atoms with Gasteiger partial charge in [0.1, 0.15) is 5.82 Å². The van der Waals surface area contributed by atoms with Crippen LogP contribution in [0.25, 0.3) is 0 Å².